The largest absolute Gasteiger partial charge is 0.352 e. The molecule has 1 aromatic carbocycles. The Labute approximate surface area is 187 Å². The minimum Gasteiger partial charge on any atom is -0.352 e. The molecule has 0 spiro atoms. The molecule has 1 atom stereocenters. The first-order valence-corrected chi connectivity index (χ1v) is 11.3. The first-order chi connectivity index (χ1) is 14.9. The Morgan fingerprint density at radius 2 is 1.87 bits per heavy atom. The number of amides is 3. The quantitative estimate of drug-likeness (QED) is 0.646. The van der Waals surface area contributed by atoms with Crippen molar-refractivity contribution in [1.82, 2.24) is 15.2 Å². The zero-order chi connectivity index (χ0) is 22.2. The van der Waals surface area contributed by atoms with Crippen molar-refractivity contribution in [2.24, 2.45) is 5.92 Å². The van der Waals surface area contributed by atoms with Crippen LogP contribution in [0.25, 0.3) is 0 Å². The SMILES string of the molecule is CC(=O)Nc1ccc(SC(C)C(=O)N2CCC(C(=O)NCc3cccnc3)CC2)cc1. The molecule has 7 nitrogen and oxygen atoms in total. The molecule has 164 valence electrons. The lowest BCUT2D eigenvalue weighted by atomic mass is 9.95. The molecule has 2 heterocycles. The minimum absolute atomic E-state index is 0.0395. The second kappa shape index (κ2) is 10.9. The van der Waals surface area contributed by atoms with Gasteiger partial charge in [-0.2, -0.15) is 0 Å². The summed E-state index contributed by atoms with van der Waals surface area (Å²) in [4.78, 5) is 43.3. The number of thioether (sulfide) groups is 1. The van der Waals surface area contributed by atoms with Gasteiger partial charge in [-0.25, -0.2) is 0 Å². The molecule has 1 aliphatic rings. The molecule has 0 aliphatic carbocycles. The second-order valence-corrected chi connectivity index (χ2v) is 9.06. The fraction of sp³-hybridized carbons (Fsp3) is 0.391. The third-order valence-electron chi connectivity index (χ3n) is 5.20. The molecule has 0 radical (unpaired) electrons. The molecule has 3 amide bonds. The lowest BCUT2D eigenvalue weighted by Crippen LogP contribution is -2.45. The van der Waals surface area contributed by atoms with Gasteiger partial charge in [-0.05, 0) is 55.7 Å². The van der Waals surface area contributed by atoms with E-state index in [1.54, 1.807) is 12.4 Å². The predicted molar refractivity (Wildman–Crippen MR) is 121 cm³/mol. The number of piperidine rings is 1. The van der Waals surface area contributed by atoms with Gasteiger partial charge in [-0.15, -0.1) is 11.8 Å². The lowest BCUT2D eigenvalue weighted by molar-refractivity contribution is -0.135. The number of carbonyl (C=O) groups excluding carboxylic acids is 3. The summed E-state index contributed by atoms with van der Waals surface area (Å²) >= 11 is 1.50. The highest BCUT2D eigenvalue weighted by Gasteiger charge is 2.29. The number of hydrogen-bond acceptors (Lipinski definition) is 5. The molecule has 8 heteroatoms. The molecule has 2 aromatic rings. The van der Waals surface area contributed by atoms with E-state index < -0.39 is 0 Å². The molecule has 1 aliphatic heterocycles. The fourth-order valence-corrected chi connectivity index (χ4v) is 4.48. The number of carbonyl (C=O) groups is 3. The summed E-state index contributed by atoms with van der Waals surface area (Å²) in [6.07, 6.45) is 4.80. The van der Waals surface area contributed by atoms with Crippen LogP contribution in [0.4, 0.5) is 5.69 Å². The van der Waals surface area contributed by atoms with Crippen LogP contribution in [0.2, 0.25) is 0 Å². The molecule has 1 aromatic heterocycles. The van der Waals surface area contributed by atoms with Crippen LogP contribution < -0.4 is 10.6 Å². The van der Waals surface area contributed by atoms with Crippen molar-refractivity contribution in [3.05, 3.63) is 54.4 Å². The number of hydrogen-bond donors (Lipinski definition) is 2. The van der Waals surface area contributed by atoms with Crippen molar-refractivity contribution in [1.29, 1.82) is 0 Å². The Hall–Kier alpha value is -2.87. The van der Waals surface area contributed by atoms with Gasteiger partial charge in [0, 0.05) is 55.5 Å². The Bertz CT molecular complexity index is 897. The molecular formula is C23H28N4O3S. The first kappa shape index (κ1) is 22.8. The number of likely N-dealkylation sites (tertiary alicyclic amines) is 1. The van der Waals surface area contributed by atoms with Gasteiger partial charge < -0.3 is 15.5 Å². The Morgan fingerprint density at radius 3 is 2.48 bits per heavy atom. The van der Waals surface area contributed by atoms with Crippen LogP contribution in [0, 0.1) is 5.92 Å². The molecule has 0 bridgehead atoms. The van der Waals surface area contributed by atoms with Gasteiger partial charge in [0.25, 0.3) is 0 Å². The van der Waals surface area contributed by atoms with Crippen molar-refractivity contribution in [3.8, 4) is 0 Å². The van der Waals surface area contributed by atoms with Crippen molar-refractivity contribution in [2.75, 3.05) is 18.4 Å². The Morgan fingerprint density at radius 1 is 1.16 bits per heavy atom. The zero-order valence-electron chi connectivity index (χ0n) is 17.8. The van der Waals surface area contributed by atoms with E-state index in [1.165, 1.54) is 18.7 Å². The van der Waals surface area contributed by atoms with Gasteiger partial charge in [0.15, 0.2) is 0 Å². The third-order valence-corrected chi connectivity index (χ3v) is 6.30. The summed E-state index contributed by atoms with van der Waals surface area (Å²) in [5.74, 6) is -0.0501. The molecule has 1 unspecified atom stereocenters. The van der Waals surface area contributed by atoms with Gasteiger partial charge in [0.2, 0.25) is 17.7 Å². The van der Waals surface area contributed by atoms with Gasteiger partial charge >= 0.3 is 0 Å². The van der Waals surface area contributed by atoms with Crippen molar-refractivity contribution >= 4 is 35.2 Å². The van der Waals surface area contributed by atoms with Crippen LogP contribution in [0.3, 0.4) is 0 Å². The predicted octanol–water partition coefficient (Wildman–Crippen LogP) is 3.08. The number of pyridine rings is 1. The molecule has 3 rings (SSSR count). The Kier molecular flexibility index (Phi) is 8.06. The van der Waals surface area contributed by atoms with E-state index in [0.717, 1.165) is 16.1 Å². The van der Waals surface area contributed by atoms with Crippen LogP contribution >= 0.6 is 11.8 Å². The average Bonchev–Trinajstić information content (AvgIpc) is 2.78. The monoisotopic (exact) mass is 440 g/mol. The van der Waals surface area contributed by atoms with Crippen LogP contribution in [0.15, 0.2) is 53.7 Å². The number of rotatable bonds is 7. The summed E-state index contributed by atoms with van der Waals surface area (Å²) in [5, 5.41) is 5.48. The summed E-state index contributed by atoms with van der Waals surface area (Å²) in [7, 11) is 0. The summed E-state index contributed by atoms with van der Waals surface area (Å²) in [6.45, 7) is 5.03. The first-order valence-electron chi connectivity index (χ1n) is 10.4. The third kappa shape index (κ3) is 6.82. The number of nitrogens with zero attached hydrogens (tertiary/aromatic N) is 2. The van der Waals surface area contributed by atoms with Gasteiger partial charge in [0.1, 0.15) is 0 Å². The van der Waals surface area contributed by atoms with E-state index in [-0.39, 0.29) is 28.9 Å². The highest BCUT2D eigenvalue weighted by Crippen LogP contribution is 2.27. The van der Waals surface area contributed by atoms with Crippen molar-refractivity contribution in [2.45, 2.75) is 43.4 Å². The maximum absolute atomic E-state index is 12.8. The van der Waals surface area contributed by atoms with Gasteiger partial charge in [-0.3, -0.25) is 19.4 Å². The second-order valence-electron chi connectivity index (χ2n) is 7.64. The topological polar surface area (TPSA) is 91.4 Å². The highest BCUT2D eigenvalue weighted by atomic mass is 32.2. The zero-order valence-corrected chi connectivity index (χ0v) is 18.7. The summed E-state index contributed by atoms with van der Waals surface area (Å²) in [6, 6.07) is 11.2. The minimum atomic E-state index is -0.220. The highest BCUT2D eigenvalue weighted by molar-refractivity contribution is 8.00. The maximum atomic E-state index is 12.8. The Balaban J connectivity index is 1.43. The van der Waals surface area contributed by atoms with E-state index in [0.29, 0.717) is 32.5 Å². The van der Waals surface area contributed by atoms with Crippen LogP contribution in [-0.4, -0.2) is 45.9 Å². The lowest BCUT2D eigenvalue weighted by Gasteiger charge is -2.33. The van der Waals surface area contributed by atoms with E-state index in [2.05, 4.69) is 15.6 Å². The fourth-order valence-electron chi connectivity index (χ4n) is 3.53. The van der Waals surface area contributed by atoms with E-state index in [4.69, 9.17) is 0 Å². The molecule has 1 fully saturated rings. The summed E-state index contributed by atoms with van der Waals surface area (Å²) < 4.78 is 0. The number of aromatic nitrogens is 1. The number of benzene rings is 1. The average molecular weight is 441 g/mol. The number of nitrogens with one attached hydrogen (secondary N) is 2. The van der Waals surface area contributed by atoms with Gasteiger partial charge in [0.05, 0.1) is 5.25 Å². The van der Waals surface area contributed by atoms with E-state index in [1.807, 2.05) is 48.2 Å². The molecule has 0 saturated carbocycles. The maximum Gasteiger partial charge on any atom is 0.235 e. The van der Waals surface area contributed by atoms with Crippen LogP contribution in [0.5, 0.6) is 0 Å². The molecule has 2 N–H and O–H groups in total. The smallest absolute Gasteiger partial charge is 0.235 e. The van der Waals surface area contributed by atoms with Crippen LogP contribution in [-0.2, 0) is 20.9 Å². The summed E-state index contributed by atoms with van der Waals surface area (Å²) in [5.41, 5.74) is 1.71. The van der Waals surface area contributed by atoms with Crippen LogP contribution in [0.1, 0.15) is 32.3 Å². The molecular weight excluding hydrogens is 412 g/mol. The molecule has 31 heavy (non-hydrogen) atoms. The van der Waals surface area contributed by atoms with E-state index >= 15 is 0 Å². The van der Waals surface area contributed by atoms with Crippen molar-refractivity contribution in [3.63, 3.8) is 0 Å². The molecule has 1 saturated heterocycles. The van der Waals surface area contributed by atoms with E-state index in [9.17, 15) is 14.4 Å². The normalized spacial score (nSPS) is 15.2. The van der Waals surface area contributed by atoms with Crippen molar-refractivity contribution < 1.29 is 14.4 Å². The number of anilines is 1. The van der Waals surface area contributed by atoms with Gasteiger partial charge in [-0.1, -0.05) is 6.07 Å². The standard InChI is InChI=1S/C23H28N4O3S/c1-16(31-21-7-5-20(6-8-21)26-17(2)28)23(30)27-12-9-19(10-13-27)22(29)25-15-18-4-3-11-24-14-18/h3-8,11,14,16,19H,9-10,12-13,15H2,1-2H3,(H,25,29)(H,26,28).